The first-order valence-electron chi connectivity index (χ1n) is 6.01. The molecule has 0 aliphatic rings. The third-order valence-corrected chi connectivity index (χ3v) is 2.44. The topological polar surface area (TPSA) is 84.7 Å². The highest BCUT2D eigenvalue weighted by Gasteiger charge is 2.08. The summed E-state index contributed by atoms with van der Waals surface area (Å²) >= 11 is 0. The molecular formula is C12H16N6O. The summed E-state index contributed by atoms with van der Waals surface area (Å²) in [5.41, 5.74) is 1.09. The minimum atomic E-state index is -0.263. The third kappa shape index (κ3) is 3.51. The van der Waals surface area contributed by atoms with Crippen LogP contribution in [0.25, 0.3) is 0 Å². The van der Waals surface area contributed by atoms with E-state index in [2.05, 4.69) is 25.7 Å². The number of carbonyl (C=O) groups is 1. The molecule has 1 amide bonds. The molecule has 0 aliphatic carbocycles. The molecule has 0 saturated carbocycles. The van der Waals surface area contributed by atoms with Crippen LogP contribution in [0.3, 0.4) is 0 Å². The Balaban J connectivity index is 1.92. The molecule has 2 aromatic rings. The van der Waals surface area contributed by atoms with Crippen LogP contribution in [-0.4, -0.2) is 32.2 Å². The molecule has 2 N–H and O–H groups in total. The lowest BCUT2D eigenvalue weighted by molar-refractivity contribution is 0.0945. The molecule has 0 unspecified atom stereocenters. The fourth-order valence-corrected chi connectivity index (χ4v) is 1.54. The normalized spacial score (nSPS) is 10.2. The summed E-state index contributed by atoms with van der Waals surface area (Å²) in [6.07, 6.45) is 4.82. The van der Waals surface area contributed by atoms with Crippen LogP contribution in [-0.2, 0) is 13.6 Å². The number of anilines is 1. The van der Waals surface area contributed by atoms with E-state index in [-0.39, 0.29) is 11.6 Å². The van der Waals surface area contributed by atoms with E-state index in [0.717, 1.165) is 12.2 Å². The van der Waals surface area contributed by atoms with Gasteiger partial charge in [-0.1, -0.05) is 0 Å². The van der Waals surface area contributed by atoms with Crippen molar-refractivity contribution in [3.05, 3.63) is 36.0 Å². The highest BCUT2D eigenvalue weighted by atomic mass is 16.1. The zero-order chi connectivity index (χ0) is 13.7. The van der Waals surface area contributed by atoms with Crippen LogP contribution in [0.4, 0.5) is 5.82 Å². The standard InChI is InChI=1S/C12H16N6O/c1-3-13-11-8-14-10(7-15-11)12(19)16-6-9-4-5-18(2)17-9/h4-5,7-8H,3,6H2,1-2H3,(H,13,15)(H,16,19). The zero-order valence-corrected chi connectivity index (χ0v) is 10.9. The van der Waals surface area contributed by atoms with E-state index < -0.39 is 0 Å². The lowest BCUT2D eigenvalue weighted by atomic mass is 10.4. The number of aromatic nitrogens is 4. The van der Waals surface area contributed by atoms with Gasteiger partial charge < -0.3 is 10.6 Å². The smallest absolute Gasteiger partial charge is 0.271 e. The van der Waals surface area contributed by atoms with Gasteiger partial charge in [-0.25, -0.2) is 9.97 Å². The van der Waals surface area contributed by atoms with Gasteiger partial charge >= 0.3 is 0 Å². The summed E-state index contributed by atoms with van der Waals surface area (Å²) in [6.45, 7) is 3.10. The Morgan fingerprint density at radius 2 is 2.21 bits per heavy atom. The molecule has 0 fully saturated rings. The average molecular weight is 260 g/mol. The predicted molar refractivity (Wildman–Crippen MR) is 70.6 cm³/mol. The Kier molecular flexibility index (Phi) is 4.07. The summed E-state index contributed by atoms with van der Waals surface area (Å²) in [6, 6.07) is 1.85. The maximum absolute atomic E-state index is 11.8. The van der Waals surface area contributed by atoms with Gasteiger partial charge in [-0.2, -0.15) is 5.10 Å². The SMILES string of the molecule is CCNc1cnc(C(=O)NCc2ccn(C)n2)cn1. The molecule has 0 bridgehead atoms. The first kappa shape index (κ1) is 13.0. The Morgan fingerprint density at radius 1 is 1.37 bits per heavy atom. The van der Waals surface area contributed by atoms with Crippen molar-refractivity contribution in [3.8, 4) is 0 Å². The van der Waals surface area contributed by atoms with Crippen LogP contribution >= 0.6 is 0 Å². The second-order valence-corrected chi connectivity index (χ2v) is 3.98. The summed E-state index contributed by atoms with van der Waals surface area (Å²) < 4.78 is 1.69. The predicted octanol–water partition coefficient (Wildman–Crippen LogP) is 0.572. The minimum absolute atomic E-state index is 0.263. The summed E-state index contributed by atoms with van der Waals surface area (Å²) in [5.74, 6) is 0.393. The number of nitrogens with one attached hydrogen (secondary N) is 2. The molecule has 0 atom stereocenters. The number of rotatable bonds is 5. The van der Waals surface area contributed by atoms with Gasteiger partial charge in [0.05, 0.1) is 24.6 Å². The molecule has 2 aromatic heterocycles. The van der Waals surface area contributed by atoms with E-state index in [1.807, 2.05) is 26.2 Å². The molecular weight excluding hydrogens is 244 g/mol. The summed E-state index contributed by atoms with van der Waals surface area (Å²) in [7, 11) is 1.83. The highest BCUT2D eigenvalue weighted by Crippen LogP contribution is 2.01. The van der Waals surface area contributed by atoms with E-state index in [1.165, 1.54) is 6.20 Å². The van der Waals surface area contributed by atoms with Gasteiger partial charge in [0, 0.05) is 19.8 Å². The van der Waals surface area contributed by atoms with Gasteiger partial charge in [0.25, 0.3) is 5.91 Å². The van der Waals surface area contributed by atoms with Crippen molar-refractivity contribution in [3.63, 3.8) is 0 Å². The number of nitrogens with zero attached hydrogens (tertiary/aromatic N) is 4. The van der Waals surface area contributed by atoms with Crippen molar-refractivity contribution in [1.82, 2.24) is 25.1 Å². The first-order valence-corrected chi connectivity index (χ1v) is 6.01. The van der Waals surface area contributed by atoms with E-state index >= 15 is 0 Å². The summed E-state index contributed by atoms with van der Waals surface area (Å²) in [4.78, 5) is 20.0. The lowest BCUT2D eigenvalue weighted by Gasteiger charge is -2.04. The Morgan fingerprint density at radius 3 is 2.79 bits per heavy atom. The second-order valence-electron chi connectivity index (χ2n) is 3.98. The molecule has 2 heterocycles. The molecule has 0 spiro atoms. The lowest BCUT2D eigenvalue weighted by Crippen LogP contribution is -2.24. The van der Waals surface area contributed by atoms with Crippen molar-refractivity contribution >= 4 is 11.7 Å². The molecule has 100 valence electrons. The molecule has 7 heteroatoms. The molecule has 0 aromatic carbocycles. The molecule has 7 nitrogen and oxygen atoms in total. The van der Waals surface area contributed by atoms with Crippen LogP contribution in [0, 0.1) is 0 Å². The van der Waals surface area contributed by atoms with Gasteiger partial charge in [-0.3, -0.25) is 9.48 Å². The van der Waals surface area contributed by atoms with Gasteiger partial charge in [-0.15, -0.1) is 0 Å². The molecule has 0 radical (unpaired) electrons. The van der Waals surface area contributed by atoms with Gasteiger partial charge in [-0.05, 0) is 13.0 Å². The van der Waals surface area contributed by atoms with E-state index in [4.69, 9.17) is 0 Å². The average Bonchev–Trinajstić information content (AvgIpc) is 2.83. The van der Waals surface area contributed by atoms with Crippen molar-refractivity contribution in [2.24, 2.45) is 7.05 Å². The van der Waals surface area contributed by atoms with E-state index in [0.29, 0.717) is 12.4 Å². The Labute approximate surface area is 111 Å². The largest absolute Gasteiger partial charge is 0.369 e. The maximum Gasteiger partial charge on any atom is 0.271 e. The fourth-order valence-electron chi connectivity index (χ4n) is 1.54. The third-order valence-electron chi connectivity index (χ3n) is 2.44. The number of hydrogen-bond donors (Lipinski definition) is 2. The van der Waals surface area contributed by atoms with Crippen LogP contribution in [0.2, 0.25) is 0 Å². The van der Waals surface area contributed by atoms with Crippen molar-refractivity contribution < 1.29 is 4.79 Å². The molecule has 0 aliphatic heterocycles. The fraction of sp³-hybridized carbons (Fsp3) is 0.333. The Bertz CT molecular complexity index is 548. The van der Waals surface area contributed by atoms with Gasteiger partial charge in [0.1, 0.15) is 11.5 Å². The first-order chi connectivity index (χ1) is 9.19. The molecule has 2 rings (SSSR count). The summed E-state index contributed by atoms with van der Waals surface area (Å²) in [5, 5.41) is 9.93. The highest BCUT2D eigenvalue weighted by molar-refractivity contribution is 5.91. The van der Waals surface area contributed by atoms with Crippen molar-refractivity contribution in [1.29, 1.82) is 0 Å². The minimum Gasteiger partial charge on any atom is -0.369 e. The van der Waals surface area contributed by atoms with E-state index in [9.17, 15) is 4.79 Å². The monoisotopic (exact) mass is 260 g/mol. The number of hydrogen-bond acceptors (Lipinski definition) is 5. The number of amides is 1. The van der Waals surface area contributed by atoms with Crippen molar-refractivity contribution in [2.45, 2.75) is 13.5 Å². The quantitative estimate of drug-likeness (QED) is 0.821. The maximum atomic E-state index is 11.8. The van der Waals surface area contributed by atoms with Crippen molar-refractivity contribution in [2.75, 3.05) is 11.9 Å². The van der Waals surface area contributed by atoms with Crippen LogP contribution in [0.15, 0.2) is 24.7 Å². The number of carbonyl (C=O) groups excluding carboxylic acids is 1. The van der Waals surface area contributed by atoms with Gasteiger partial charge in [0.2, 0.25) is 0 Å². The van der Waals surface area contributed by atoms with E-state index in [1.54, 1.807) is 10.9 Å². The Hall–Kier alpha value is -2.44. The van der Waals surface area contributed by atoms with Crippen LogP contribution in [0.1, 0.15) is 23.1 Å². The van der Waals surface area contributed by atoms with Gasteiger partial charge in [0.15, 0.2) is 0 Å². The zero-order valence-electron chi connectivity index (χ0n) is 10.9. The molecule has 0 saturated heterocycles. The number of aryl methyl sites for hydroxylation is 1. The second kappa shape index (κ2) is 5.94. The van der Waals surface area contributed by atoms with Crippen LogP contribution < -0.4 is 10.6 Å². The molecule has 19 heavy (non-hydrogen) atoms. The van der Waals surface area contributed by atoms with Crippen LogP contribution in [0.5, 0.6) is 0 Å².